The van der Waals surface area contributed by atoms with Gasteiger partial charge in [-0.15, -0.1) is 0 Å². The Morgan fingerprint density at radius 1 is 1.12 bits per heavy atom. The van der Waals surface area contributed by atoms with Crippen LogP contribution in [0.5, 0.6) is 0 Å². The van der Waals surface area contributed by atoms with Gasteiger partial charge in [0.05, 0.1) is 13.2 Å². The van der Waals surface area contributed by atoms with Gasteiger partial charge in [-0.2, -0.15) is 0 Å². The molecule has 168 valence electrons. The number of aromatic nitrogens is 1. The Bertz CT molecular complexity index is 1380. The number of amides is 1. The largest absolute Gasteiger partial charge is 0.372 e. The van der Waals surface area contributed by atoms with Gasteiger partial charge in [-0.25, -0.2) is 13.9 Å². The van der Waals surface area contributed by atoms with Crippen molar-refractivity contribution in [3.8, 4) is 11.1 Å². The number of carbonyl (C=O) groups excluding carboxylic acids is 1. The molecule has 1 aliphatic heterocycles. The lowest BCUT2D eigenvalue weighted by Crippen LogP contribution is -2.49. The summed E-state index contributed by atoms with van der Waals surface area (Å²) in [6, 6.07) is 13.6. The van der Waals surface area contributed by atoms with Crippen LogP contribution in [0.25, 0.3) is 21.9 Å². The molecular formula is C23H24N2O6S. The fourth-order valence-corrected chi connectivity index (χ4v) is 4.76. The van der Waals surface area contributed by atoms with Gasteiger partial charge < -0.3 is 9.30 Å². The molecule has 0 saturated carbocycles. The SMILES string of the molecule is C[C@](CCn1ccc2cc(-c3ccc4c(c3)COC4)ccc2c1=O)(C(=O)NO)S(C)(=O)=O. The molecule has 0 saturated heterocycles. The number of pyridine rings is 1. The number of fused-ring (bicyclic) bond motifs is 2. The van der Waals surface area contributed by atoms with Gasteiger partial charge in [0.25, 0.3) is 11.5 Å². The highest BCUT2D eigenvalue weighted by atomic mass is 32.2. The Morgan fingerprint density at radius 2 is 1.81 bits per heavy atom. The molecule has 2 N–H and O–H groups in total. The second-order valence-electron chi connectivity index (χ2n) is 8.29. The molecule has 0 bridgehead atoms. The van der Waals surface area contributed by atoms with E-state index in [1.165, 1.54) is 28.1 Å². The molecule has 1 aliphatic rings. The van der Waals surface area contributed by atoms with Crippen molar-refractivity contribution < 1.29 is 23.2 Å². The van der Waals surface area contributed by atoms with Crippen molar-refractivity contribution in [3.63, 3.8) is 0 Å². The van der Waals surface area contributed by atoms with Crippen LogP contribution in [0.3, 0.4) is 0 Å². The minimum absolute atomic E-state index is 0.00165. The van der Waals surface area contributed by atoms with Gasteiger partial charge >= 0.3 is 0 Å². The molecule has 1 aromatic heterocycles. The van der Waals surface area contributed by atoms with Gasteiger partial charge in [0.2, 0.25) is 0 Å². The lowest BCUT2D eigenvalue weighted by Gasteiger charge is -2.25. The Kier molecular flexibility index (Phi) is 5.66. The number of hydrogen-bond acceptors (Lipinski definition) is 6. The van der Waals surface area contributed by atoms with E-state index in [2.05, 4.69) is 12.1 Å². The summed E-state index contributed by atoms with van der Waals surface area (Å²) < 4.78 is 29.3. The number of sulfone groups is 1. The van der Waals surface area contributed by atoms with Crippen molar-refractivity contribution in [2.75, 3.05) is 6.26 Å². The van der Waals surface area contributed by atoms with E-state index in [9.17, 15) is 18.0 Å². The molecule has 1 atom stereocenters. The van der Waals surface area contributed by atoms with Crippen LogP contribution >= 0.6 is 0 Å². The van der Waals surface area contributed by atoms with Gasteiger partial charge in [-0.05, 0) is 65.3 Å². The maximum Gasteiger partial charge on any atom is 0.264 e. The predicted octanol–water partition coefficient (Wildman–Crippen LogP) is 2.40. The van der Waals surface area contributed by atoms with Crippen molar-refractivity contribution in [1.82, 2.24) is 10.0 Å². The molecule has 2 heterocycles. The zero-order valence-corrected chi connectivity index (χ0v) is 18.6. The van der Waals surface area contributed by atoms with Crippen LogP contribution in [0.1, 0.15) is 24.5 Å². The Balaban J connectivity index is 1.64. The predicted molar refractivity (Wildman–Crippen MR) is 120 cm³/mol. The lowest BCUT2D eigenvalue weighted by atomic mass is 9.98. The number of aryl methyl sites for hydroxylation is 1. The summed E-state index contributed by atoms with van der Waals surface area (Å²) in [6.45, 7) is 2.46. The molecule has 0 spiro atoms. The number of ether oxygens (including phenoxy) is 1. The average molecular weight is 457 g/mol. The molecular weight excluding hydrogens is 432 g/mol. The summed E-state index contributed by atoms with van der Waals surface area (Å²) in [5.74, 6) is -1.03. The number of hydrogen-bond donors (Lipinski definition) is 2. The maximum absolute atomic E-state index is 13.0. The third-order valence-corrected chi connectivity index (χ3v) is 8.29. The summed E-state index contributed by atoms with van der Waals surface area (Å²) in [5.41, 5.74) is 5.51. The average Bonchev–Trinajstić information content (AvgIpc) is 3.24. The quantitative estimate of drug-likeness (QED) is 0.435. The summed E-state index contributed by atoms with van der Waals surface area (Å²) in [5, 5.41) is 10.2. The molecule has 3 aromatic rings. The summed E-state index contributed by atoms with van der Waals surface area (Å²) in [6.07, 6.45) is 2.35. The molecule has 8 nitrogen and oxygen atoms in total. The van der Waals surface area contributed by atoms with Crippen LogP contribution in [0.4, 0.5) is 0 Å². The molecule has 4 rings (SSSR count). The van der Waals surface area contributed by atoms with E-state index in [0.717, 1.165) is 22.8 Å². The van der Waals surface area contributed by atoms with Crippen LogP contribution in [0, 0.1) is 0 Å². The summed E-state index contributed by atoms with van der Waals surface area (Å²) in [7, 11) is -3.84. The molecule has 32 heavy (non-hydrogen) atoms. The molecule has 0 fully saturated rings. The lowest BCUT2D eigenvalue weighted by molar-refractivity contribution is -0.131. The molecule has 1 amide bonds. The van der Waals surface area contributed by atoms with Crippen LogP contribution in [-0.2, 0) is 39.1 Å². The highest BCUT2D eigenvalue weighted by Gasteiger charge is 2.43. The molecule has 0 unspecified atom stereocenters. The van der Waals surface area contributed by atoms with Crippen molar-refractivity contribution in [3.05, 3.63) is 70.1 Å². The number of carbonyl (C=O) groups is 1. The molecule has 9 heteroatoms. The van der Waals surface area contributed by atoms with E-state index in [1.54, 1.807) is 18.3 Å². The zero-order valence-electron chi connectivity index (χ0n) is 17.8. The number of nitrogens with one attached hydrogen (secondary N) is 1. The number of rotatable bonds is 6. The first-order chi connectivity index (χ1) is 15.1. The van der Waals surface area contributed by atoms with Crippen LogP contribution in [-0.4, -0.2) is 35.1 Å². The van der Waals surface area contributed by atoms with Crippen molar-refractivity contribution in [2.45, 2.75) is 37.9 Å². The summed E-state index contributed by atoms with van der Waals surface area (Å²) in [4.78, 5) is 25.0. The summed E-state index contributed by atoms with van der Waals surface area (Å²) >= 11 is 0. The van der Waals surface area contributed by atoms with Gasteiger partial charge in [0.1, 0.15) is 0 Å². The molecule has 0 aliphatic carbocycles. The number of nitrogens with zero attached hydrogens (tertiary/aromatic N) is 1. The van der Waals surface area contributed by atoms with E-state index in [-0.39, 0.29) is 18.5 Å². The van der Waals surface area contributed by atoms with E-state index in [4.69, 9.17) is 9.94 Å². The van der Waals surface area contributed by atoms with E-state index < -0.39 is 20.5 Å². The topological polar surface area (TPSA) is 115 Å². The Labute approximate surface area is 185 Å². The van der Waals surface area contributed by atoms with Gasteiger partial charge in [0.15, 0.2) is 14.6 Å². The normalized spacial score (nSPS) is 15.3. The van der Waals surface area contributed by atoms with E-state index >= 15 is 0 Å². The Hall–Kier alpha value is -3.01. The highest BCUT2D eigenvalue weighted by Crippen LogP contribution is 2.29. The first kappa shape index (κ1) is 22.2. The first-order valence-electron chi connectivity index (χ1n) is 10.1. The minimum Gasteiger partial charge on any atom is -0.372 e. The third kappa shape index (κ3) is 3.83. The first-order valence-corrected chi connectivity index (χ1v) is 12.0. The maximum atomic E-state index is 13.0. The fourth-order valence-electron chi connectivity index (χ4n) is 3.91. The van der Waals surface area contributed by atoms with Crippen LogP contribution in [0.2, 0.25) is 0 Å². The van der Waals surface area contributed by atoms with Gasteiger partial charge in [0, 0.05) is 24.4 Å². The highest BCUT2D eigenvalue weighted by molar-refractivity contribution is 7.92. The Morgan fingerprint density at radius 3 is 2.53 bits per heavy atom. The zero-order chi connectivity index (χ0) is 23.1. The van der Waals surface area contributed by atoms with Gasteiger partial charge in [-0.1, -0.05) is 18.2 Å². The third-order valence-electron chi connectivity index (χ3n) is 6.26. The van der Waals surface area contributed by atoms with Gasteiger partial charge in [-0.3, -0.25) is 14.8 Å². The molecule has 0 radical (unpaired) electrons. The standard InChI is InChI=1S/C23H24N2O6S/c1-23(22(27)24-28,32(2,29)30)8-10-25-9-7-17-11-16(5-6-20(17)21(25)26)15-3-4-18-13-31-14-19(18)12-15/h3-7,9,11-12,28H,8,10,13-14H2,1-2H3,(H,24,27)/t23-/m0/s1. The second kappa shape index (κ2) is 8.16. The number of benzene rings is 2. The number of hydroxylamine groups is 1. The molecule has 2 aromatic carbocycles. The minimum atomic E-state index is -3.84. The monoisotopic (exact) mass is 456 g/mol. The van der Waals surface area contributed by atoms with Crippen LogP contribution < -0.4 is 11.0 Å². The second-order valence-corrected chi connectivity index (χ2v) is 10.7. The fraction of sp³-hybridized carbons (Fsp3) is 0.304. The smallest absolute Gasteiger partial charge is 0.264 e. The van der Waals surface area contributed by atoms with Crippen LogP contribution in [0.15, 0.2) is 53.5 Å². The van der Waals surface area contributed by atoms with E-state index in [1.807, 2.05) is 18.2 Å². The van der Waals surface area contributed by atoms with E-state index in [0.29, 0.717) is 18.6 Å². The van der Waals surface area contributed by atoms with Crippen molar-refractivity contribution in [1.29, 1.82) is 0 Å². The van der Waals surface area contributed by atoms with Crippen molar-refractivity contribution >= 4 is 26.5 Å². The van der Waals surface area contributed by atoms with Crippen molar-refractivity contribution in [2.24, 2.45) is 0 Å².